The minimum Gasteiger partial charge on any atom is -0.476 e. The monoisotopic (exact) mass is 984 g/mol. The van der Waals surface area contributed by atoms with Crippen LogP contribution in [-0.2, 0) is 4.74 Å². The minimum atomic E-state index is -1.18. The lowest BCUT2D eigenvalue weighted by atomic mass is 10.3. The number of nitrogen functional groups attached to an aromatic ring is 4. The van der Waals surface area contributed by atoms with E-state index in [0.29, 0.717) is 25.6 Å². The number of hydrogen-bond donors (Lipinski definition) is 7. The second-order valence-corrected chi connectivity index (χ2v) is 14.2. The smallest absolute Gasteiger partial charge is 0.360 e. The Morgan fingerprint density at radius 3 is 1.45 bits per heavy atom. The zero-order valence-electron chi connectivity index (χ0n) is 32.1. The van der Waals surface area contributed by atoms with Gasteiger partial charge in [-0.05, 0) is 68.3 Å². The number of nitrogens with zero attached hydrogens (tertiary/aromatic N) is 8. The van der Waals surface area contributed by atoms with Gasteiger partial charge >= 0.3 is 11.9 Å². The molecule has 11 N–H and O–H groups in total. The first-order chi connectivity index (χ1) is 29.7. The Balaban J connectivity index is 0.000000191. The molecule has 0 fully saturated rings. The average molecular weight is 987 g/mol. The molecule has 0 aliphatic carbocycles. The van der Waals surface area contributed by atoms with Crippen molar-refractivity contribution in [2.75, 3.05) is 40.7 Å². The van der Waals surface area contributed by atoms with Gasteiger partial charge in [0.25, 0.3) is 11.8 Å². The maximum Gasteiger partial charge on any atom is 0.360 e. The maximum absolute atomic E-state index is 12.3. The first-order valence-corrected chi connectivity index (χ1v) is 19.7. The summed E-state index contributed by atoms with van der Waals surface area (Å²) in [5, 5.41) is 14.5. The SMILES string of the molecule is COC(=O)c1nccnc1N.Nc1ncc(Br)nc1C(=O)Nc1ccccc1.Nc1ncc(Br)nc1C(=O)O.Nc1ncc(Sc2ccccc2)nc1C(=O)Nc1ccccc1. The van der Waals surface area contributed by atoms with E-state index < -0.39 is 11.9 Å². The van der Waals surface area contributed by atoms with Crippen molar-refractivity contribution in [1.29, 1.82) is 0 Å². The Hall–Kier alpha value is -7.63. The molecule has 0 saturated heterocycles. The van der Waals surface area contributed by atoms with Crippen molar-refractivity contribution in [2.24, 2.45) is 0 Å². The van der Waals surface area contributed by atoms with E-state index >= 15 is 0 Å². The molecule has 20 nitrogen and oxygen atoms in total. The standard InChI is InChI=1S/C17H14N4OS.C11H9BrN4O.C6H7N3O2.C5H4BrN3O2/c18-16-15(17(22)20-12-7-3-1-4-8-12)21-14(11-19-16)23-13-9-5-2-6-10-13;12-8-6-14-10(13)9(16-8)11(17)15-7-4-2-1-3-5-7;1-11-6(10)4-5(7)9-3-2-8-4;6-2-1-8-4(7)3(9-2)5(10)11/h1-11H,(H2,18,19)(H,20,22);1-6H,(H2,13,14)(H,15,17);2-3H,1H3,(H2,7,9);1H,(H2,7,8)(H,10,11). The molecular formula is C39H34Br2N14O6S. The number of benzene rings is 3. The first-order valence-electron chi connectivity index (χ1n) is 17.3. The van der Waals surface area contributed by atoms with Crippen molar-refractivity contribution in [1.82, 2.24) is 39.9 Å². The minimum absolute atomic E-state index is 0.0509. The van der Waals surface area contributed by atoms with Crippen molar-refractivity contribution >= 4 is 102 Å². The summed E-state index contributed by atoms with van der Waals surface area (Å²) in [5.41, 5.74) is 23.3. The highest BCUT2D eigenvalue weighted by Crippen LogP contribution is 2.26. The molecule has 3 aromatic carbocycles. The summed E-state index contributed by atoms with van der Waals surface area (Å²) >= 11 is 7.54. The van der Waals surface area contributed by atoms with Crippen LogP contribution in [0.1, 0.15) is 42.0 Å². The van der Waals surface area contributed by atoms with E-state index in [2.05, 4.69) is 87.1 Å². The van der Waals surface area contributed by atoms with E-state index in [9.17, 15) is 19.2 Å². The number of carboxylic acids is 1. The number of hydrogen-bond acceptors (Lipinski definition) is 18. The number of aromatic carboxylic acids is 1. The number of amides is 2. The molecule has 0 saturated carbocycles. The van der Waals surface area contributed by atoms with Gasteiger partial charge in [0.1, 0.15) is 14.2 Å². The van der Waals surface area contributed by atoms with Crippen LogP contribution in [0.2, 0.25) is 0 Å². The number of aromatic nitrogens is 8. The third kappa shape index (κ3) is 14.9. The predicted octanol–water partition coefficient (Wildman–Crippen LogP) is 5.90. The molecule has 62 heavy (non-hydrogen) atoms. The molecule has 2 amide bonds. The third-order valence-corrected chi connectivity index (χ3v) is 8.77. The number of nitrogens with one attached hydrogen (secondary N) is 2. The van der Waals surface area contributed by atoms with E-state index in [1.807, 2.05) is 66.7 Å². The summed E-state index contributed by atoms with van der Waals surface area (Å²) in [6.07, 6.45) is 7.12. The Bertz CT molecular complexity index is 2620. The Morgan fingerprint density at radius 2 is 0.984 bits per heavy atom. The van der Waals surface area contributed by atoms with E-state index in [1.54, 1.807) is 30.5 Å². The Morgan fingerprint density at radius 1 is 0.565 bits per heavy atom. The van der Waals surface area contributed by atoms with E-state index in [4.69, 9.17) is 28.0 Å². The topological polar surface area (TPSA) is 329 Å². The third-order valence-electron chi connectivity index (χ3n) is 7.09. The first kappa shape index (κ1) is 47.1. The van der Waals surface area contributed by atoms with Gasteiger partial charge in [-0.2, -0.15) is 0 Å². The van der Waals surface area contributed by atoms with Crippen LogP contribution in [0.4, 0.5) is 34.6 Å². The number of carbonyl (C=O) groups is 4. The van der Waals surface area contributed by atoms with E-state index in [-0.39, 0.29) is 57.9 Å². The molecule has 23 heteroatoms. The normalized spacial score (nSPS) is 9.85. The van der Waals surface area contributed by atoms with Crippen molar-refractivity contribution in [3.8, 4) is 0 Å². The highest BCUT2D eigenvalue weighted by Gasteiger charge is 2.16. The number of ether oxygens (including phenoxy) is 1. The molecular weight excluding hydrogens is 952 g/mol. The molecule has 0 spiro atoms. The van der Waals surface area contributed by atoms with Crippen LogP contribution in [-0.4, -0.2) is 75.8 Å². The number of rotatable bonds is 8. The summed E-state index contributed by atoms with van der Waals surface area (Å²) in [7, 11) is 1.26. The summed E-state index contributed by atoms with van der Waals surface area (Å²) in [6, 6.07) is 28.0. The van der Waals surface area contributed by atoms with Gasteiger partial charge in [0, 0.05) is 28.7 Å². The van der Waals surface area contributed by atoms with Crippen molar-refractivity contribution < 1.29 is 29.0 Å². The number of methoxy groups -OCH3 is 1. The molecule has 0 radical (unpaired) electrons. The van der Waals surface area contributed by atoms with Crippen LogP contribution in [0.5, 0.6) is 0 Å². The molecule has 4 aromatic heterocycles. The number of carbonyl (C=O) groups excluding carboxylic acids is 3. The number of anilines is 6. The van der Waals surface area contributed by atoms with Crippen LogP contribution in [0.3, 0.4) is 0 Å². The van der Waals surface area contributed by atoms with Crippen LogP contribution in [0, 0.1) is 0 Å². The molecule has 0 bridgehead atoms. The lowest BCUT2D eigenvalue weighted by Crippen LogP contribution is -2.17. The summed E-state index contributed by atoms with van der Waals surface area (Å²) in [4.78, 5) is 77.2. The fourth-order valence-electron chi connectivity index (χ4n) is 4.31. The molecule has 316 valence electrons. The van der Waals surface area contributed by atoms with E-state index in [0.717, 1.165) is 4.90 Å². The van der Waals surface area contributed by atoms with Crippen molar-refractivity contribution in [3.63, 3.8) is 0 Å². The molecule has 0 unspecified atom stereocenters. The largest absolute Gasteiger partial charge is 0.476 e. The van der Waals surface area contributed by atoms with Gasteiger partial charge < -0.3 is 43.4 Å². The van der Waals surface area contributed by atoms with Crippen LogP contribution in [0.25, 0.3) is 0 Å². The quantitative estimate of drug-likeness (QED) is 0.0871. The molecule has 0 atom stereocenters. The number of esters is 1. The zero-order chi connectivity index (χ0) is 45.0. The molecule has 4 heterocycles. The van der Waals surface area contributed by atoms with Gasteiger partial charge in [0.2, 0.25) is 0 Å². The fourth-order valence-corrected chi connectivity index (χ4v) is 5.65. The summed E-state index contributed by atoms with van der Waals surface area (Å²) < 4.78 is 5.21. The van der Waals surface area contributed by atoms with Crippen LogP contribution < -0.4 is 33.6 Å². The van der Waals surface area contributed by atoms with E-state index in [1.165, 1.54) is 43.7 Å². The second-order valence-electron chi connectivity index (χ2n) is 11.4. The number of para-hydroxylation sites is 2. The van der Waals surface area contributed by atoms with Crippen LogP contribution >= 0.6 is 43.6 Å². The number of halogens is 2. The number of nitrogens with two attached hydrogens (primary N) is 4. The molecule has 0 aliphatic heterocycles. The fraction of sp³-hybridized carbons (Fsp3) is 0.0256. The van der Waals surface area contributed by atoms with Crippen molar-refractivity contribution in [3.05, 3.63) is 154 Å². The lowest BCUT2D eigenvalue weighted by molar-refractivity contribution is 0.0593. The van der Waals surface area contributed by atoms with Gasteiger partial charge in [-0.1, -0.05) is 66.4 Å². The van der Waals surface area contributed by atoms with Crippen molar-refractivity contribution in [2.45, 2.75) is 9.92 Å². The van der Waals surface area contributed by atoms with Gasteiger partial charge in [-0.25, -0.2) is 49.5 Å². The molecule has 7 aromatic rings. The average Bonchev–Trinajstić information content (AvgIpc) is 3.27. The molecule has 0 aliphatic rings. The number of carboxylic acid groups (broad SMARTS) is 1. The summed E-state index contributed by atoms with van der Waals surface area (Å²) in [6.45, 7) is 0. The van der Waals surface area contributed by atoms with Crippen LogP contribution in [0.15, 0.2) is 141 Å². The Labute approximate surface area is 373 Å². The molecule has 7 rings (SSSR count). The van der Waals surface area contributed by atoms with Gasteiger partial charge in [0.05, 0.1) is 25.7 Å². The highest BCUT2D eigenvalue weighted by molar-refractivity contribution is 9.10. The maximum atomic E-state index is 12.3. The zero-order valence-corrected chi connectivity index (χ0v) is 36.1. The highest BCUT2D eigenvalue weighted by atomic mass is 79.9. The Kier molecular flexibility index (Phi) is 18.1. The second kappa shape index (κ2) is 23.8. The predicted molar refractivity (Wildman–Crippen MR) is 239 cm³/mol. The van der Waals surface area contributed by atoms with Gasteiger partial charge in [-0.15, -0.1) is 0 Å². The lowest BCUT2D eigenvalue weighted by Gasteiger charge is -2.08. The van der Waals surface area contributed by atoms with Gasteiger partial charge in [-0.3, -0.25) is 9.59 Å². The summed E-state index contributed by atoms with van der Waals surface area (Å²) in [5.74, 6) is -2.32. The van der Waals surface area contributed by atoms with Gasteiger partial charge in [0.15, 0.2) is 46.0 Å².